The Morgan fingerprint density at radius 2 is 1.86 bits per heavy atom. The molecule has 0 N–H and O–H groups in total. The Kier molecular flexibility index (Phi) is 6.83. The zero-order valence-electron chi connectivity index (χ0n) is 20.3. The molecule has 0 saturated carbocycles. The molecule has 0 aliphatic carbocycles. The largest absolute Gasteiger partial charge is 0.417 e. The molecule has 0 radical (unpaired) electrons. The van der Waals surface area contributed by atoms with Crippen LogP contribution in [0.4, 0.5) is 18.9 Å². The predicted molar refractivity (Wildman–Crippen MR) is 127 cm³/mol. The minimum Gasteiger partial charge on any atom is -0.384 e. The Labute approximate surface area is 204 Å². The number of hydrogen-bond acceptors (Lipinski definition) is 4. The van der Waals surface area contributed by atoms with Gasteiger partial charge in [-0.25, -0.2) is 0 Å². The van der Waals surface area contributed by atoms with Crippen molar-refractivity contribution in [1.29, 1.82) is 5.26 Å². The highest BCUT2D eigenvalue weighted by Crippen LogP contribution is 2.46. The van der Waals surface area contributed by atoms with Crippen molar-refractivity contribution in [1.82, 2.24) is 4.90 Å². The maximum Gasteiger partial charge on any atom is 0.417 e. The lowest BCUT2D eigenvalue weighted by Gasteiger charge is -2.43. The Bertz CT molecular complexity index is 1150. The number of methoxy groups -OCH3 is 1. The molecule has 2 fully saturated rings. The molecular formula is C27H30F3N3O2. The van der Waals surface area contributed by atoms with Gasteiger partial charge >= 0.3 is 6.18 Å². The normalized spacial score (nSPS) is 19.7. The zero-order chi connectivity index (χ0) is 25.4. The van der Waals surface area contributed by atoms with E-state index < -0.39 is 11.7 Å². The molecule has 5 nitrogen and oxygen atoms in total. The third-order valence-corrected chi connectivity index (χ3v) is 7.77. The van der Waals surface area contributed by atoms with Crippen LogP contribution >= 0.6 is 0 Å². The number of likely N-dealkylation sites (tertiary alicyclic amines) is 1. The summed E-state index contributed by atoms with van der Waals surface area (Å²) in [5, 5.41) is 9.08. The van der Waals surface area contributed by atoms with Crippen molar-refractivity contribution in [2.75, 3.05) is 44.8 Å². The molecule has 2 aliphatic heterocycles. The van der Waals surface area contributed by atoms with E-state index in [0.717, 1.165) is 30.0 Å². The first-order valence-electron chi connectivity index (χ1n) is 11.8. The summed E-state index contributed by atoms with van der Waals surface area (Å²) >= 11 is 0. The number of nitriles is 1. The summed E-state index contributed by atoms with van der Waals surface area (Å²) in [5.41, 5.74) is 1.95. The van der Waals surface area contributed by atoms with E-state index in [-0.39, 0.29) is 22.8 Å². The van der Waals surface area contributed by atoms with Crippen molar-refractivity contribution in [3.63, 3.8) is 0 Å². The van der Waals surface area contributed by atoms with Crippen LogP contribution in [0.25, 0.3) is 0 Å². The molecule has 8 heteroatoms. The van der Waals surface area contributed by atoms with Crippen molar-refractivity contribution in [2.45, 2.75) is 32.9 Å². The first kappa shape index (κ1) is 25.1. The third-order valence-electron chi connectivity index (χ3n) is 7.77. The first-order valence-corrected chi connectivity index (χ1v) is 11.8. The summed E-state index contributed by atoms with van der Waals surface area (Å²) in [7, 11) is 1.66. The van der Waals surface area contributed by atoms with E-state index in [1.54, 1.807) is 19.2 Å². The predicted octanol–water partition coefficient (Wildman–Crippen LogP) is 5.20. The topological polar surface area (TPSA) is 56.6 Å². The fourth-order valence-electron chi connectivity index (χ4n) is 5.51. The van der Waals surface area contributed by atoms with Crippen LogP contribution in [0.5, 0.6) is 0 Å². The van der Waals surface area contributed by atoms with Gasteiger partial charge in [0.05, 0.1) is 23.8 Å². The van der Waals surface area contributed by atoms with Crippen LogP contribution in [0.15, 0.2) is 36.4 Å². The van der Waals surface area contributed by atoms with Gasteiger partial charge in [0.2, 0.25) is 0 Å². The van der Waals surface area contributed by atoms with E-state index in [0.29, 0.717) is 44.0 Å². The minimum absolute atomic E-state index is 0.00965. The molecule has 1 atom stereocenters. The van der Waals surface area contributed by atoms with Gasteiger partial charge in [-0.05, 0) is 73.6 Å². The highest BCUT2D eigenvalue weighted by molar-refractivity contribution is 5.94. The van der Waals surface area contributed by atoms with Gasteiger partial charge in [-0.15, -0.1) is 0 Å². The zero-order valence-corrected chi connectivity index (χ0v) is 20.3. The molecule has 0 bridgehead atoms. The van der Waals surface area contributed by atoms with E-state index in [1.165, 1.54) is 6.07 Å². The van der Waals surface area contributed by atoms with E-state index in [4.69, 9.17) is 10.00 Å². The molecular weight excluding hydrogens is 455 g/mol. The molecule has 1 spiro atoms. The van der Waals surface area contributed by atoms with Crippen LogP contribution in [-0.4, -0.2) is 50.7 Å². The van der Waals surface area contributed by atoms with Gasteiger partial charge in [0.25, 0.3) is 5.91 Å². The molecule has 1 unspecified atom stereocenters. The summed E-state index contributed by atoms with van der Waals surface area (Å²) < 4.78 is 45.8. The van der Waals surface area contributed by atoms with Crippen molar-refractivity contribution in [2.24, 2.45) is 11.3 Å². The lowest BCUT2D eigenvalue weighted by atomic mass is 9.71. The number of alkyl halides is 3. The summed E-state index contributed by atoms with van der Waals surface area (Å²) in [6.07, 6.45) is -3.08. The highest BCUT2D eigenvalue weighted by atomic mass is 19.4. The number of carbonyl (C=O) groups is 1. The van der Waals surface area contributed by atoms with E-state index in [1.807, 2.05) is 41.8 Å². The van der Waals surface area contributed by atoms with Crippen molar-refractivity contribution in [3.05, 3.63) is 64.2 Å². The average molecular weight is 486 g/mol. The molecule has 186 valence electrons. The minimum atomic E-state index is -4.58. The van der Waals surface area contributed by atoms with E-state index in [9.17, 15) is 18.0 Å². The third kappa shape index (κ3) is 4.87. The van der Waals surface area contributed by atoms with Crippen molar-refractivity contribution >= 4 is 11.6 Å². The van der Waals surface area contributed by atoms with Gasteiger partial charge in [-0.2, -0.15) is 18.4 Å². The quantitative estimate of drug-likeness (QED) is 0.598. The Morgan fingerprint density at radius 3 is 2.46 bits per heavy atom. The summed E-state index contributed by atoms with van der Waals surface area (Å²) in [5.74, 6) is 0.173. The Morgan fingerprint density at radius 1 is 1.14 bits per heavy atom. The van der Waals surface area contributed by atoms with Gasteiger partial charge < -0.3 is 14.5 Å². The fourth-order valence-corrected chi connectivity index (χ4v) is 5.51. The molecule has 4 rings (SSSR count). The molecule has 2 aromatic carbocycles. The van der Waals surface area contributed by atoms with Gasteiger partial charge in [-0.1, -0.05) is 6.07 Å². The van der Waals surface area contributed by atoms with Crippen molar-refractivity contribution < 1.29 is 22.7 Å². The molecule has 2 heterocycles. The highest BCUT2D eigenvalue weighted by Gasteiger charge is 2.49. The van der Waals surface area contributed by atoms with Crippen LogP contribution in [0, 0.1) is 36.5 Å². The summed E-state index contributed by atoms with van der Waals surface area (Å²) in [4.78, 5) is 17.2. The number of aryl methyl sites for hydroxylation is 2. The Hall–Kier alpha value is -3.05. The smallest absolute Gasteiger partial charge is 0.384 e. The summed E-state index contributed by atoms with van der Waals surface area (Å²) in [6.45, 7) is 6.92. The fraction of sp³-hybridized carbons (Fsp3) is 0.481. The SMILES string of the molecule is COCC1CN(C(=O)c2ccc(C)c(C)c2)CC12CCN(c1ccc(C#N)c(C(F)(F)F)c1)CC2. The standard InChI is InChI=1S/C27H30F3N3O2/c1-18-4-5-20(12-19(18)2)25(34)33-15-22(16-35-3)26(17-33)8-10-32(11-9-26)23-7-6-21(14-31)24(13-23)27(28,29)30/h4-7,12-13,22H,8-11,15-17H2,1-3H3. The number of anilines is 1. The van der Waals surface area contributed by atoms with Gasteiger partial charge in [0.15, 0.2) is 0 Å². The second-order valence-corrected chi connectivity index (χ2v) is 9.83. The molecule has 2 aromatic rings. The molecule has 1 amide bonds. The lowest BCUT2D eigenvalue weighted by molar-refractivity contribution is -0.137. The second kappa shape index (κ2) is 9.54. The number of rotatable bonds is 4. The maximum atomic E-state index is 13.4. The second-order valence-electron chi connectivity index (χ2n) is 9.83. The maximum absolute atomic E-state index is 13.4. The monoisotopic (exact) mass is 485 g/mol. The number of benzene rings is 2. The number of nitrogens with zero attached hydrogens (tertiary/aromatic N) is 3. The first-order chi connectivity index (χ1) is 16.6. The average Bonchev–Trinajstić information content (AvgIpc) is 3.17. The van der Waals surface area contributed by atoms with E-state index in [2.05, 4.69) is 0 Å². The molecule has 2 saturated heterocycles. The number of ether oxygens (including phenoxy) is 1. The van der Waals surface area contributed by atoms with Crippen LogP contribution in [0.3, 0.4) is 0 Å². The number of carbonyl (C=O) groups excluding carboxylic acids is 1. The Balaban J connectivity index is 1.52. The van der Waals surface area contributed by atoms with Gasteiger partial charge in [-0.3, -0.25) is 4.79 Å². The van der Waals surface area contributed by atoms with Gasteiger partial charge in [0.1, 0.15) is 0 Å². The summed E-state index contributed by atoms with van der Waals surface area (Å²) in [6, 6.07) is 11.3. The number of hydrogen-bond donors (Lipinski definition) is 0. The lowest BCUT2D eigenvalue weighted by Crippen LogP contribution is -2.45. The van der Waals surface area contributed by atoms with Crippen LogP contribution in [0.2, 0.25) is 0 Å². The molecule has 0 aromatic heterocycles. The van der Waals surface area contributed by atoms with Crippen molar-refractivity contribution in [3.8, 4) is 6.07 Å². The van der Waals surface area contributed by atoms with Gasteiger partial charge in [0, 0.05) is 50.5 Å². The molecule has 2 aliphatic rings. The van der Waals surface area contributed by atoms with Crippen LogP contribution < -0.4 is 4.90 Å². The number of amides is 1. The number of piperidine rings is 1. The molecule has 35 heavy (non-hydrogen) atoms. The van der Waals surface area contributed by atoms with Crippen LogP contribution in [-0.2, 0) is 10.9 Å². The van der Waals surface area contributed by atoms with E-state index >= 15 is 0 Å². The van der Waals surface area contributed by atoms with Crippen LogP contribution in [0.1, 0.15) is 45.5 Å². The number of halogens is 3.